The van der Waals surface area contributed by atoms with Crippen LogP contribution in [0.25, 0.3) is 0 Å². The highest BCUT2D eigenvalue weighted by Gasteiger charge is 2.44. The predicted octanol–water partition coefficient (Wildman–Crippen LogP) is 1.88. The third-order valence-electron chi connectivity index (χ3n) is 4.36. The molecule has 0 amide bonds. The van der Waals surface area contributed by atoms with Gasteiger partial charge in [-0.15, -0.1) is 0 Å². The van der Waals surface area contributed by atoms with Crippen LogP contribution in [0, 0.1) is 16.7 Å². The van der Waals surface area contributed by atoms with Crippen LogP contribution in [0.15, 0.2) is 0 Å². The van der Waals surface area contributed by atoms with Gasteiger partial charge >= 0.3 is 0 Å². The standard InChI is InChI=1S/C13H23N3/c1-16(10-13(6-7-13)8-9-14)12-4-2-11(15)3-5-12/h11-12H,2-8,10,15H2,1H3. The fraction of sp³-hybridized carbons (Fsp3) is 0.923. The van der Waals surface area contributed by atoms with E-state index < -0.39 is 0 Å². The molecule has 0 spiro atoms. The lowest BCUT2D eigenvalue weighted by Gasteiger charge is -2.35. The Balaban J connectivity index is 1.80. The van der Waals surface area contributed by atoms with Crippen LogP contribution in [0.4, 0.5) is 0 Å². The van der Waals surface area contributed by atoms with E-state index in [9.17, 15) is 0 Å². The average Bonchev–Trinajstić information content (AvgIpc) is 2.99. The summed E-state index contributed by atoms with van der Waals surface area (Å²) in [6.45, 7) is 1.11. The molecule has 0 radical (unpaired) electrons. The Labute approximate surface area is 98.6 Å². The third-order valence-corrected chi connectivity index (χ3v) is 4.36. The van der Waals surface area contributed by atoms with E-state index in [-0.39, 0.29) is 0 Å². The first-order valence-electron chi connectivity index (χ1n) is 6.48. The molecule has 3 nitrogen and oxygen atoms in total. The number of nitrogens with two attached hydrogens (primary N) is 1. The summed E-state index contributed by atoms with van der Waals surface area (Å²) in [4.78, 5) is 2.48. The van der Waals surface area contributed by atoms with E-state index in [1.54, 1.807) is 0 Å². The molecule has 0 aliphatic heterocycles. The quantitative estimate of drug-likeness (QED) is 0.788. The zero-order chi connectivity index (χ0) is 11.6. The van der Waals surface area contributed by atoms with Gasteiger partial charge in [-0.1, -0.05) is 0 Å². The molecule has 0 aromatic carbocycles. The minimum absolute atomic E-state index is 0.350. The minimum Gasteiger partial charge on any atom is -0.328 e. The highest BCUT2D eigenvalue weighted by atomic mass is 15.1. The molecule has 0 heterocycles. The Morgan fingerprint density at radius 2 is 1.94 bits per heavy atom. The lowest BCUT2D eigenvalue weighted by Crippen LogP contribution is -2.41. The molecule has 90 valence electrons. The summed E-state index contributed by atoms with van der Waals surface area (Å²) in [5.74, 6) is 0. The van der Waals surface area contributed by atoms with Gasteiger partial charge in [0.25, 0.3) is 0 Å². The Hall–Kier alpha value is -0.590. The van der Waals surface area contributed by atoms with E-state index in [0.717, 1.165) is 13.0 Å². The largest absolute Gasteiger partial charge is 0.328 e. The lowest BCUT2D eigenvalue weighted by atomic mass is 9.90. The van der Waals surface area contributed by atoms with Crippen LogP contribution in [-0.2, 0) is 0 Å². The minimum atomic E-state index is 0.350. The molecule has 0 bridgehead atoms. The van der Waals surface area contributed by atoms with Crippen molar-refractivity contribution in [3.8, 4) is 6.07 Å². The van der Waals surface area contributed by atoms with E-state index in [4.69, 9.17) is 11.0 Å². The van der Waals surface area contributed by atoms with Crippen molar-refractivity contribution in [2.75, 3.05) is 13.6 Å². The van der Waals surface area contributed by atoms with Crippen molar-refractivity contribution in [2.45, 2.75) is 57.0 Å². The first-order valence-corrected chi connectivity index (χ1v) is 6.48. The number of rotatable bonds is 4. The van der Waals surface area contributed by atoms with Gasteiger partial charge in [0.1, 0.15) is 0 Å². The third kappa shape index (κ3) is 2.75. The molecule has 2 fully saturated rings. The van der Waals surface area contributed by atoms with Crippen LogP contribution in [-0.4, -0.2) is 30.6 Å². The SMILES string of the molecule is CN(CC1(CC#N)CC1)C1CCC(N)CC1. The molecule has 0 aromatic heterocycles. The average molecular weight is 221 g/mol. The Morgan fingerprint density at radius 1 is 1.31 bits per heavy atom. The number of hydrogen-bond donors (Lipinski definition) is 1. The molecular formula is C13H23N3. The van der Waals surface area contributed by atoms with Crippen LogP contribution < -0.4 is 5.73 Å². The fourth-order valence-corrected chi connectivity index (χ4v) is 2.94. The molecule has 3 heteroatoms. The van der Waals surface area contributed by atoms with Gasteiger partial charge in [-0.2, -0.15) is 5.26 Å². The molecule has 16 heavy (non-hydrogen) atoms. The van der Waals surface area contributed by atoms with Crippen molar-refractivity contribution in [3.05, 3.63) is 0 Å². The van der Waals surface area contributed by atoms with E-state index in [2.05, 4.69) is 18.0 Å². The van der Waals surface area contributed by atoms with Crippen molar-refractivity contribution in [3.63, 3.8) is 0 Å². The number of hydrogen-bond acceptors (Lipinski definition) is 3. The summed E-state index contributed by atoms with van der Waals surface area (Å²) in [5.41, 5.74) is 6.27. The first kappa shape index (κ1) is 11.9. The smallest absolute Gasteiger partial charge is 0.0628 e. The van der Waals surface area contributed by atoms with Crippen LogP contribution in [0.3, 0.4) is 0 Å². The highest BCUT2D eigenvalue weighted by molar-refractivity contribution is 5.01. The second kappa shape index (κ2) is 4.73. The summed E-state index contributed by atoms with van der Waals surface area (Å²) >= 11 is 0. The van der Waals surface area contributed by atoms with Crippen molar-refractivity contribution in [1.82, 2.24) is 4.90 Å². The molecule has 2 aliphatic rings. The van der Waals surface area contributed by atoms with Crippen LogP contribution in [0.1, 0.15) is 44.9 Å². The molecule has 0 aromatic rings. The van der Waals surface area contributed by atoms with Crippen molar-refractivity contribution < 1.29 is 0 Å². The molecule has 0 atom stereocenters. The van der Waals surface area contributed by atoms with E-state index in [1.807, 2.05) is 0 Å². The zero-order valence-electron chi connectivity index (χ0n) is 10.3. The Bertz CT molecular complexity index is 269. The summed E-state index contributed by atoms with van der Waals surface area (Å²) in [5, 5.41) is 8.81. The highest BCUT2D eigenvalue weighted by Crippen LogP contribution is 2.49. The van der Waals surface area contributed by atoms with E-state index >= 15 is 0 Å². The molecule has 2 saturated carbocycles. The summed E-state index contributed by atoms with van der Waals surface area (Å²) < 4.78 is 0. The van der Waals surface area contributed by atoms with Crippen molar-refractivity contribution in [1.29, 1.82) is 5.26 Å². The van der Waals surface area contributed by atoms with Crippen LogP contribution in [0.5, 0.6) is 0 Å². The first-order chi connectivity index (χ1) is 7.65. The fourth-order valence-electron chi connectivity index (χ4n) is 2.94. The summed E-state index contributed by atoms with van der Waals surface area (Å²) in [7, 11) is 2.22. The van der Waals surface area contributed by atoms with Crippen molar-refractivity contribution >= 4 is 0 Å². The number of nitriles is 1. The topological polar surface area (TPSA) is 53.0 Å². The van der Waals surface area contributed by atoms with Crippen LogP contribution in [0.2, 0.25) is 0 Å². The van der Waals surface area contributed by atoms with Crippen molar-refractivity contribution in [2.24, 2.45) is 11.1 Å². The lowest BCUT2D eigenvalue weighted by molar-refractivity contribution is 0.153. The second-order valence-electron chi connectivity index (χ2n) is 5.82. The zero-order valence-corrected chi connectivity index (χ0v) is 10.3. The van der Waals surface area contributed by atoms with Gasteiger partial charge in [-0.3, -0.25) is 0 Å². The molecule has 0 saturated heterocycles. The van der Waals surface area contributed by atoms with Gasteiger partial charge in [0, 0.05) is 25.0 Å². The maximum atomic E-state index is 8.81. The molecular weight excluding hydrogens is 198 g/mol. The molecule has 0 unspecified atom stereocenters. The Morgan fingerprint density at radius 3 is 2.44 bits per heavy atom. The summed E-state index contributed by atoms with van der Waals surface area (Å²) in [6, 6.07) is 3.47. The summed E-state index contributed by atoms with van der Waals surface area (Å²) in [6.07, 6.45) is 8.04. The van der Waals surface area contributed by atoms with Gasteiger partial charge in [0.15, 0.2) is 0 Å². The predicted molar refractivity (Wildman–Crippen MR) is 64.8 cm³/mol. The van der Waals surface area contributed by atoms with Gasteiger partial charge in [-0.25, -0.2) is 0 Å². The molecule has 2 rings (SSSR count). The van der Waals surface area contributed by atoms with Gasteiger partial charge in [0.05, 0.1) is 6.07 Å². The van der Waals surface area contributed by atoms with E-state index in [1.165, 1.54) is 38.5 Å². The Kier molecular flexibility index (Phi) is 3.51. The number of nitrogens with zero attached hydrogens (tertiary/aromatic N) is 2. The molecule has 2 aliphatic carbocycles. The van der Waals surface area contributed by atoms with Crippen LogP contribution >= 0.6 is 0 Å². The van der Waals surface area contributed by atoms with Gasteiger partial charge < -0.3 is 10.6 Å². The van der Waals surface area contributed by atoms with E-state index in [0.29, 0.717) is 17.5 Å². The monoisotopic (exact) mass is 221 g/mol. The normalized spacial score (nSPS) is 32.4. The maximum Gasteiger partial charge on any atom is 0.0628 e. The maximum absolute atomic E-state index is 8.81. The second-order valence-corrected chi connectivity index (χ2v) is 5.82. The van der Waals surface area contributed by atoms with Gasteiger partial charge in [0.2, 0.25) is 0 Å². The molecule has 2 N–H and O–H groups in total. The van der Waals surface area contributed by atoms with Gasteiger partial charge in [-0.05, 0) is 51.0 Å².